The van der Waals surface area contributed by atoms with Gasteiger partial charge in [-0.1, -0.05) is 40.5 Å². The Bertz CT molecular complexity index is 379. The van der Waals surface area contributed by atoms with E-state index in [0.29, 0.717) is 5.92 Å². The smallest absolute Gasteiger partial charge is 0.185 e. The highest BCUT2D eigenvalue weighted by atomic mass is 32.1. The highest BCUT2D eigenvalue weighted by Gasteiger charge is 2.13. The monoisotopic (exact) mass is 311 g/mol. The quantitative estimate of drug-likeness (QED) is 0.647. The Morgan fingerprint density at radius 2 is 1.76 bits per heavy atom. The van der Waals surface area contributed by atoms with Crippen LogP contribution in [0.5, 0.6) is 0 Å². The SMILES string of the molecule is CCCCN(CCCC)c1nc(C)c(CNCC(C)C)s1. The third kappa shape index (κ3) is 6.79. The van der Waals surface area contributed by atoms with E-state index in [-0.39, 0.29) is 0 Å². The Morgan fingerprint density at radius 1 is 1.14 bits per heavy atom. The number of thiazole rings is 1. The summed E-state index contributed by atoms with van der Waals surface area (Å²) in [5, 5.41) is 4.75. The van der Waals surface area contributed by atoms with Crippen molar-refractivity contribution < 1.29 is 0 Å². The molecule has 0 amide bonds. The molecule has 0 bridgehead atoms. The molecule has 0 spiro atoms. The molecule has 4 heteroatoms. The van der Waals surface area contributed by atoms with Crippen molar-refractivity contribution >= 4 is 16.5 Å². The maximum absolute atomic E-state index is 4.82. The number of nitrogens with zero attached hydrogens (tertiary/aromatic N) is 2. The van der Waals surface area contributed by atoms with E-state index in [9.17, 15) is 0 Å². The first kappa shape index (κ1) is 18.4. The second kappa shape index (κ2) is 10.2. The number of unbranched alkanes of at least 4 members (excludes halogenated alkanes) is 2. The Morgan fingerprint density at radius 3 is 2.29 bits per heavy atom. The summed E-state index contributed by atoms with van der Waals surface area (Å²) in [7, 11) is 0. The molecule has 0 unspecified atom stereocenters. The van der Waals surface area contributed by atoms with E-state index in [1.165, 1.54) is 41.4 Å². The minimum Gasteiger partial charge on any atom is -0.348 e. The van der Waals surface area contributed by atoms with E-state index < -0.39 is 0 Å². The number of nitrogens with one attached hydrogen (secondary N) is 1. The van der Waals surface area contributed by atoms with E-state index in [4.69, 9.17) is 4.98 Å². The summed E-state index contributed by atoms with van der Waals surface area (Å²) >= 11 is 1.87. The standard InChI is InChI=1S/C17H33N3S/c1-6-8-10-20(11-9-7-2)17-19-15(5)16(21-17)13-18-12-14(3)4/h14,18H,6-13H2,1-5H3. The van der Waals surface area contributed by atoms with Crippen molar-refractivity contribution in [2.24, 2.45) is 5.92 Å². The molecule has 1 aromatic heterocycles. The van der Waals surface area contributed by atoms with E-state index >= 15 is 0 Å². The Kier molecular flexibility index (Phi) is 8.93. The van der Waals surface area contributed by atoms with Gasteiger partial charge < -0.3 is 10.2 Å². The summed E-state index contributed by atoms with van der Waals surface area (Å²) < 4.78 is 0. The van der Waals surface area contributed by atoms with Gasteiger partial charge in [-0.3, -0.25) is 0 Å². The summed E-state index contributed by atoms with van der Waals surface area (Å²) in [5.41, 5.74) is 1.20. The van der Waals surface area contributed by atoms with Crippen LogP contribution in [0.3, 0.4) is 0 Å². The molecular weight excluding hydrogens is 278 g/mol. The van der Waals surface area contributed by atoms with Gasteiger partial charge in [-0.05, 0) is 32.2 Å². The van der Waals surface area contributed by atoms with Crippen LogP contribution in [0.1, 0.15) is 63.9 Å². The van der Waals surface area contributed by atoms with Gasteiger partial charge in [0.05, 0.1) is 5.69 Å². The van der Waals surface area contributed by atoms with E-state index in [1.807, 2.05) is 11.3 Å². The molecule has 0 saturated carbocycles. The lowest BCUT2D eigenvalue weighted by Crippen LogP contribution is -2.25. The molecule has 0 aromatic carbocycles. The predicted molar refractivity (Wildman–Crippen MR) is 95.4 cm³/mol. The second-order valence-corrected chi connectivity index (χ2v) is 7.29. The fourth-order valence-corrected chi connectivity index (χ4v) is 3.27. The Balaban J connectivity index is 2.65. The molecule has 0 aliphatic carbocycles. The number of rotatable bonds is 11. The lowest BCUT2D eigenvalue weighted by molar-refractivity contribution is 0.554. The van der Waals surface area contributed by atoms with Crippen molar-refractivity contribution in [3.05, 3.63) is 10.6 Å². The molecule has 21 heavy (non-hydrogen) atoms. The van der Waals surface area contributed by atoms with Gasteiger partial charge in [0.2, 0.25) is 0 Å². The van der Waals surface area contributed by atoms with Gasteiger partial charge >= 0.3 is 0 Å². The first-order chi connectivity index (χ1) is 10.1. The van der Waals surface area contributed by atoms with Crippen LogP contribution in [0.4, 0.5) is 5.13 Å². The van der Waals surface area contributed by atoms with Crippen molar-refractivity contribution in [3.63, 3.8) is 0 Å². The largest absolute Gasteiger partial charge is 0.348 e. The van der Waals surface area contributed by atoms with Crippen molar-refractivity contribution in [1.82, 2.24) is 10.3 Å². The average Bonchev–Trinajstić information content (AvgIpc) is 2.80. The lowest BCUT2D eigenvalue weighted by Gasteiger charge is -2.21. The summed E-state index contributed by atoms with van der Waals surface area (Å²) in [6, 6.07) is 0. The van der Waals surface area contributed by atoms with Crippen LogP contribution in [0, 0.1) is 12.8 Å². The Labute approximate surface area is 135 Å². The van der Waals surface area contributed by atoms with Crippen LogP contribution >= 0.6 is 11.3 Å². The second-order valence-electron chi connectivity index (χ2n) is 6.22. The van der Waals surface area contributed by atoms with E-state index in [1.54, 1.807) is 0 Å². The maximum atomic E-state index is 4.82. The predicted octanol–water partition coefficient (Wildman–Crippen LogP) is 4.60. The van der Waals surface area contributed by atoms with Crippen LogP contribution in [-0.4, -0.2) is 24.6 Å². The van der Waals surface area contributed by atoms with Crippen LogP contribution in [0.15, 0.2) is 0 Å². The number of aromatic nitrogens is 1. The summed E-state index contributed by atoms with van der Waals surface area (Å²) in [5.74, 6) is 0.698. The highest BCUT2D eigenvalue weighted by molar-refractivity contribution is 7.15. The molecule has 1 heterocycles. The molecule has 1 N–H and O–H groups in total. The Hall–Kier alpha value is -0.610. The summed E-state index contributed by atoms with van der Waals surface area (Å²) in [6.45, 7) is 15.5. The van der Waals surface area contributed by atoms with Crippen LogP contribution in [-0.2, 0) is 6.54 Å². The molecule has 0 aliphatic heterocycles. The molecule has 0 saturated heterocycles. The van der Waals surface area contributed by atoms with Gasteiger partial charge in [-0.25, -0.2) is 4.98 Å². The van der Waals surface area contributed by atoms with Crippen molar-refractivity contribution in [3.8, 4) is 0 Å². The molecular formula is C17H33N3S. The van der Waals surface area contributed by atoms with Crippen molar-refractivity contribution in [2.75, 3.05) is 24.5 Å². The van der Waals surface area contributed by atoms with Crippen LogP contribution < -0.4 is 10.2 Å². The third-order valence-electron chi connectivity index (χ3n) is 3.55. The summed E-state index contributed by atoms with van der Waals surface area (Å²) in [6.07, 6.45) is 5.00. The van der Waals surface area contributed by atoms with Crippen molar-refractivity contribution in [2.45, 2.75) is 66.8 Å². The molecule has 3 nitrogen and oxygen atoms in total. The average molecular weight is 312 g/mol. The number of anilines is 1. The zero-order valence-corrected chi connectivity index (χ0v) is 15.4. The molecule has 0 radical (unpaired) electrons. The van der Waals surface area contributed by atoms with Gasteiger partial charge in [-0.15, -0.1) is 11.3 Å². The first-order valence-corrected chi connectivity index (χ1v) is 9.32. The topological polar surface area (TPSA) is 28.2 Å². The van der Waals surface area contributed by atoms with Crippen molar-refractivity contribution in [1.29, 1.82) is 0 Å². The van der Waals surface area contributed by atoms with E-state index in [2.05, 4.69) is 44.8 Å². The zero-order valence-electron chi connectivity index (χ0n) is 14.5. The first-order valence-electron chi connectivity index (χ1n) is 8.50. The van der Waals surface area contributed by atoms with Gasteiger partial charge in [0.15, 0.2) is 5.13 Å². The zero-order chi connectivity index (χ0) is 15.7. The van der Waals surface area contributed by atoms with Gasteiger partial charge in [0.25, 0.3) is 0 Å². The minimum atomic E-state index is 0.698. The van der Waals surface area contributed by atoms with Crippen LogP contribution in [0.2, 0.25) is 0 Å². The maximum Gasteiger partial charge on any atom is 0.185 e. The normalized spacial score (nSPS) is 11.3. The van der Waals surface area contributed by atoms with E-state index in [0.717, 1.165) is 26.2 Å². The van der Waals surface area contributed by atoms with Gasteiger partial charge in [-0.2, -0.15) is 0 Å². The fraction of sp³-hybridized carbons (Fsp3) is 0.824. The molecule has 0 fully saturated rings. The summed E-state index contributed by atoms with van der Waals surface area (Å²) in [4.78, 5) is 8.69. The van der Waals surface area contributed by atoms with Gasteiger partial charge in [0, 0.05) is 24.5 Å². The highest BCUT2D eigenvalue weighted by Crippen LogP contribution is 2.26. The minimum absolute atomic E-state index is 0.698. The molecule has 0 aliphatic rings. The number of aryl methyl sites for hydroxylation is 1. The number of hydrogen-bond donors (Lipinski definition) is 1. The molecule has 0 atom stereocenters. The lowest BCUT2D eigenvalue weighted by atomic mass is 10.2. The van der Waals surface area contributed by atoms with Gasteiger partial charge in [0.1, 0.15) is 0 Å². The third-order valence-corrected chi connectivity index (χ3v) is 4.77. The fourth-order valence-electron chi connectivity index (χ4n) is 2.19. The van der Waals surface area contributed by atoms with Crippen LogP contribution in [0.25, 0.3) is 0 Å². The molecule has 1 aromatic rings. The molecule has 1 rings (SSSR count). The number of hydrogen-bond acceptors (Lipinski definition) is 4. The molecule has 122 valence electrons.